The third kappa shape index (κ3) is 5.86. The molecule has 0 radical (unpaired) electrons. The summed E-state index contributed by atoms with van der Waals surface area (Å²) in [6.45, 7) is 2.94. The number of carbonyl (C=O) groups is 1. The minimum absolute atomic E-state index is 0.116. The summed E-state index contributed by atoms with van der Waals surface area (Å²) in [7, 11) is 1.66. The van der Waals surface area contributed by atoms with Crippen LogP contribution in [0.1, 0.15) is 36.4 Å². The van der Waals surface area contributed by atoms with Gasteiger partial charge in [0.2, 0.25) is 5.91 Å². The number of benzene rings is 2. The van der Waals surface area contributed by atoms with Crippen LogP contribution in [-0.4, -0.2) is 37.9 Å². The van der Waals surface area contributed by atoms with Crippen LogP contribution in [0.2, 0.25) is 0 Å². The Hall–Kier alpha value is -2.37. The Morgan fingerprint density at radius 2 is 1.73 bits per heavy atom. The minimum Gasteiger partial charge on any atom is -0.494 e. The third-order valence-corrected chi connectivity index (χ3v) is 4.24. The van der Waals surface area contributed by atoms with E-state index in [0.29, 0.717) is 13.2 Å². The number of hydrogen-bond acceptors (Lipinski definition) is 4. The van der Waals surface area contributed by atoms with Gasteiger partial charge in [-0.2, -0.15) is 0 Å². The van der Waals surface area contributed by atoms with Gasteiger partial charge < -0.3 is 19.9 Å². The zero-order valence-electron chi connectivity index (χ0n) is 15.4. The highest BCUT2D eigenvalue weighted by atomic mass is 16.5. The fourth-order valence-corrected chi connectivity index (χ4v) is 2.61. The summed E-state index contributed by atoms with van der Waals surface area (Å²) in [4.78, 5) is 12.5. The first-order valence-electron chi connectivity index (χ1n) is 8.83. The van der Waals surface area contributed by atoms with Crippen LogP contribution in [0.3, 0.4) is 0 Å². The Morgan fingerprint density at radius 3 is 2.35 bits per heavy atom. The summed E-state index contributed by atoms with van der Waals surface area (Å²) < 4.78 is 10.6. The van der Waals surface area contributed by atoms with Gasteiger partial charge in [-0.05, 0) is 30.2 Å². The zero-order chi connectivity index (χ0) is 18.8. The average Bonchev–Trinajstić information content (AvgIpc) is 2.70. The van der Waals surface area contributed by atoms with Crippen LogP contribution < -0.4 is 10.1 Å². The summed E-state index contributed by atoms with van der Waals surface area (Å²) in [5.74, 6) is 0.356. The Labute approximate surface area is 155 Å². The van der Waals surface area contributed by atoms with Crippen molar-refractivity contribution in [3.8, 4) is 5.75 Å². The number of aliphatic hydroxyl groups is 1. The summed E-state index contributed by atoms with van der Waals surface area (Å²) >= 11 is 0. The molecule has 0 aliphatic rings. The van der Waals surface area contributed by atoms with Gasteiger partial charge in [-0.3, -0.25) is 4.79 Å². The molecule has 2 aromatic rings. The number of rotatable bonds is 10. The van der Waals surface area contributed by atoms with Gasteiger partial charge in [0.15, 0.2) is 0 Å². The third-order valence-electron chi connectivity index (χ3n) is 4.24. The molecule has 0 spiro atoms. The predicted molar refractivity (Wildman–Crippen MR) is 101 cm³/mol. The molecule has 5 nitrogen and oxygen atoms in total. The van der Waals surface area contributed by atoms with E-state index in [4.69, 9.17) is 9.47 Å². The molecule has 140 valence electrons. The van der Waals surface area contributed by atoms with Gasteiger partial charge >= 0.3 is 0 Å². The minimum atomic E-state index is -0.448. The molecular formula is C21H27NO4. The number of aliphatic hydroxyl groups excluding tert-OH is 1. The Bertz CT molecular complexity index is 657. The van der Waals surface area contributed by atoms with Crippen LogP contribution in [0.15, 0.2) is 54.6 Å². The maximum absolute atomic E-state index is 12.5. The highest BCUT2D eigenvalue weighted by Crippen LogP contribution is 2.20. The number of methoxy groups -OCH3 is 1. The van der Waals surface area contributed by atoms with Crippen molar-refractivity contribution in [3.05, 3.63) is 65.7 Å². The standard InChI is InChI=1S/C21H27NO4/c1-16(17-7-4-3-5-8-17)21(24)22-20(15-23)18-9-11-19(12-10-18)26-14-6-13-25-2/h3-5,7-12,16,20,23H,6,13-15H2,1-2H3,(H,22,24)/t16-,20-/m0/s1. The molecule has 2 atom stereocenters. The van der Waals surface area contributed by atoms with Crippen LogP contribution in [-0.2, 0) is 9.53 Å². The highest BCUT2D eigenvalue weighted by molar-refractivity contribution is 5.83. The second kappa shape index (κ2) is 10.6. The second-order valence-electron chi connectivity index (χ2n) is 6.14. The molecule has 0 heterocycles. The van der Waals surface area contributed by atoms with Crippen LogP contribution in [0.5, 0.6) is 5.75 Å². The monoisotopic (exact) mass is 357 g/mol. The van der Waals surface area contributed by atoms with Crippen molar-refractivity contribution < 1.29 is 19.4 Å². The first-order chi connectivity index (χ1) is 12.7. The van der Waals surface area contributed by atoms with Crippen molar-refractivity contribution >= 4 is 5.91 Å². The molecule has 0 aliphatic heterocycles. The molecule has 2 N–H and O–H groups in total. The molecule has 5 heteroatoms. The largest absolute Gasteiger partial charge is 0.494 e. The van der Waals surface area contributed by atoms with Crippen LogP contribution in [0.25, 0.3) is 0 Å². The van der Waals surface area contributed by atoms with E-state index in [0.717, 1.165) is 23.3 Å². The lowest BCUT2D eigenvalue weighted by atomic mass is 9.99. The second-order valence-corrected chi connectivity index (χ2v) is 6.14. The van der Waals surface area contributed by atoms with Crippen molar-refractivity contribution in [1.29, 1.82) is 0 Å². The van der Waals surface area contributed by atoms with Gasteiger partial charge in [0, 0.05) is 20.1 Å². The van der Waals surface area contributed by atoms with E-state index in [2.05, 4.69) is 5.32 Å². The first kappa shape index (κ1) is 19.9. The van der Waals surface area contributed by atoms with Gasteiger partial charge in [-0.25, -0.2) is 0 Å². The van der Waals surface area contributed by atoms with E-state index in [9.17, 15) is 9.90 Å². The molecular weight excluding hydrogens is 330 g/mol. The number of carbonyl (C=O) groups excluding carboxylic acids is 1. The van der Waals surface area contributed by atoms with E-state index in [1.165, 1.54) is 0 Å². The van der Waals surface area contributed by atoms with Gasteiger partial charge in [0.25, 0.3) is 0 Å². The van der Waals surface area contributed by atoms with E-state index in [1.54, 1.807) is 7.11 Å². The summed E-state index contributed by atoms with van der Waals surface area (Å²) in [6.07, 6.45) is 0.824. The van der Waals surface area contributed by atoms with Crippen LogP contribution in [0.4, 0.5) is 0 Å². The maximum atomic E-state index is 12.5. The van der Waals surface area contributed by atoms with Crippen LogP contribution in [0, 0.1) is 0 Å². The Kier molecular flexibility index (Phi) is 8.12. The summed E-state index contributed by atoms with van der Waals surface area (Å²) in [5.41, 5.74) is 1.78. The highest BCUT2D eigenvalue weighted by Gasteiger charge is 2.19. The van der Waals surface area contributed by atoms with E-state index in [-0.39, 0.29) is 18.4 Å². The van der Waals surface area contributed by atoms with Crippen molar-refractivity contribution in [2.75, 3.05) is 26.9 Å². The number of nitrogens with one attached hydrogen (secondary N) is 1. The number of ether oxygens (including phenoxy) is 2. The first-order valence-corrected chi connectivity index (χ1v) is 8.83. The lowest BCUT2D eigenvalue weighted by Gasteiger charge is -2.20. The van der Waals surface area contributed by atoms with Gasteiger partial charge in [0.1, 0.15) is 5.75 Å². The molecule has 0 saturated heterocycles. The molecule has 0 aliphatic carbocycles. The quantitative estimate of drug-likeness (QED) is 0.641. The summed E-state index contributed by atoms with van der Waals surface area (Å²) in [5, 5.41) is 12.6. The predicted octanol–water partition coefficient (Wildman–Crippen LogP) is 3.06. The molecule has 1 amide bonds. The normalized spacial score (nSPS) is 13.0. The van der Waals surface area contributed by atoms with E-state index in [1.807, 2.05) is 61.5 Å². The molecule has 26 heavy (non-hydrogen) atoms. The average molecular weight is 357 g/mol. The maximum Gasteiger partial charge on any atom is 0.227 e. The van der Waals surface area contributed by atoms with Crippen molar-refractivity contribution in [3.63, 3.8) is 0 Å². The van der Waals surface area contributed by atoms with Gasteiger partial charge in [-0.15, -0.1) is 0 Å². The molecule has 2 aromatic carbocycles. The van der Waals surface area contributed by atoms with Crippen molar-refractivity contribution in [1.82, 2.24) is 5.32 Å². The topological polar surface area (TPSA) is 67.8 Å². The Morgan fingerprint density at radius 1 is 1.04 bits per heavy atom. The van der Waals surface area contributed by atoms with Crippen molar-refractivity contribution in [2.45, 2.75) is 25.3 Å². The number of hydrogen-bond donors (Lipinski definition) is 2. The van der Waals surface area contributed by atoms with Crippen molar-refractivity contribution in [2.24, 2.45) is 0 Å². The SMILES string of the molecule is COCCCOc1ccc([C@H](CO)NC(=O)[C@@H](C)c2ccccc2)cc1. The fraction of sp³-hybridized carbons (Fsp3) is 0.381. The number of amides is 1. The smallest absolute Gasteiger partial charge is 0.227 e. The van der Waals surface area contributed by atoms with E-state index >= 15 is 0 Å². The van der Waals surface area contributed by atoms with Crippen LogP contribution >= 0.6 is 0 Å². The zero-order valence-corrected chi connectivity index (χ0v) is 15.4. The van der Waals surface area contributed by atoms with Gasteiger partial charge in [0.05, 0.1) is 25.2 Å². The fourth-order valence-electron chi connectivity index (χ4n) is 2.61. The molecule has 0 fully saturated rings. The molecule has 0 bridgehead atoms. The lowest BCUT2D eigenvalue weighted by Crippen LogP contribution is -2.33. The van der Waals surface area contributed by atoms with E-state index < -0.39 is 6.04 Å². The Balaban J connectivity index is 1.94. The van der Waals surface area contributed by atoms with Gasteiger partial charge in [-0.1, -0.05) is 42.5 Å². The lowest BCUT2D eigenvalue weighted by molar-refractivity contribution is -0.123. The summed E-state index contributed by atoms with van der Waals surface area (Å²) in [6, 6.07) is 16.6. The molecule has 0 aromatic heterocycles. The molecule has 0 saturated carbocycles. The molecule has 0 unspecified atom stereocenters. The molecule has 2 rings (SSSR count).